The van der Waals surface area contributed by atoms with Gasteiger partial charge in [0.05, 0.1) is 63.0 Å². The van der Waals surface area contributed by atoms with E-state index in [1.54, 1.807) is 0 Å². The Morgan fingerprint density at radius 2 is 1.22 bits per heavy atom. The smallest absolute Gasteiger partial charge is 0.0898 e. The summed E-state index contributed by atoms with van der Waals surface area (Å²) in [7, 11) is 0. The molecular weight excluding hydrogens is 404 g/mol. The first-order valence-corrected chi connectivity index (χ1v) is 11.6. The van der Waals surface area contributed by atoms with Gasteiger partial charge in [-0.05, 0) is 39.8 Å². The number of ether oxygens (including phenoxy) is 2. The highest BCUT2D eigenvalue weighted by atomic mass is 16.5. The van der Waals surface area contributed by atoms with Crippen LogP contribution in [0.25, 0.3) is 0 Å². The minimum absolute atomic E-state index is 0.165. The Morgan fingerprint density at radius 3 is 1.59 bits per heavy atom. The molecule has 2 atom stereocenters. The highest BCUT2D eigenvalue weighted by Gasteiger charge is 2.22. The van der Waals surface area contributed by atoms with Gasteiger partial charge in [0.1, 0.15) is 0 Å². The van der Waals surface area contributed by atoms with Crippen molar-refractivity contribution < 1.29 is 9.47 Å². The van der Waals surface area contributed by atoms with Gasteiger partial charge in [-0.25, -0.2) is 0 Å². The molecule has 8 heteroatoms. The fourth-order valence-electron chi connectivity index (χ4n) is 4.51. The number of rotatable bonds is 6. The Morgan fingerprint density at radius 1 is 0.781 bits per heavy atom. The standard InChI is InChI=1S/C24H36N6O2/c1-19-13-21(3)29(25-19)17-23-15-27(9-11-31-23)7-5-6-8-28-10-12-32-24(16-28)18-30-22(4)14-20(2)26-30/h13-14,23-24H,7-12,15-18H2,1-4H3. The van der Waals surface area contributed by atoms with Crippen molar-refractivity contribution in [2.45, 2.75) is 53.0 Å². The molecule has 2 aromatic heterocycles. The lowest BCUT2D eigenvalue weighted by Gasteiger charge is -2.32. The molecule has 0 aliphatic carbocycles. The predicted octanol–water partition coefficient (Wildman–Crippen LogP) is 1.42. The lowest BCUT2D eigenvalue weighted by atomic mass is 10.2. The topological polar surface area (TPSA) is 60.6 Å². The summed E-state index contributed by atoms with van der Waals surface area (Å²) in [6.07, 6.45) is 0.330. The fourth-order valence-corrected chi connectivity index (χ4v) is 4.51. The van der Waals surface area contributed by atoms with Gasteiger partial charge in [0, 0.05) is 37.6 Å². The summed E-state index contributed by atoms with van der Waals surface area (Å²) < 4.78 is 16.0. The molecule has 2 aliphatic rings. The Hall–Kier alpha value is -2.18. The van der Waals surface area contributed by atoms with E-state index in [-0.39, 0.29) is 12.2 Å². The second-order valence-electron chi connectivity index (χ2n) is 9.03. The monoisotopic (exact) mass is 440 g/mol. The number of aromatic nitrogens is 4. The molecule has 0 radical (unpaired) electrons. The number of morpholine rings is 2. The lowest BCUT2D eigenvalue weighted by molar-refractivity contribution is -0.0342. The average molecular weight is 441 g/mol. The maximum Gasteiger partial charge on any atom is 0.0898 e. The zero-order valence-electron chi connectivity index (χ0n) is 19.9. The predicted molar refractivity (Wildman–Crippen MR) is 124 cm³/mol. The van der Waals surface area contributed by atoms with Crippen LogP contribution in [0.2, 0.25) is 0 Å². The molecule has 8 nitrogen and oxygen atoms in total. The van der Waals surface area contributed by atoms with Crippen molar-refractivity contribution in [2.75, 3.05) is 52.5 Å². The van der Waals surface area contributed by atoms with Crippen LogP contribution in [0.15, 0.2) is 12.1 Å². The van der Waals surface area contributed by atoms with Crippen LogP contribution in [0.4, 0.5) is 0 Å². The van der Waals surface area contributed by atoms with Crippen LogP contribution in [-0.2, 0) is 22.6 Å². The van der Waals surface area contributed by atoms with E-state index in [1.807, 2.05) is 13.8 Å². The molecule has 2 unspecified atom stereocenters. The zero-order valence-corrected chi connectivity index (χ0v) is 19.9. The van der Waals surface area contributed by atoms with Crippen LogP contribution in [0.3, 0.4) is 0 Å². The van der Waals surface area contributed by atoms with Crippen LogP contribution in [-0.4, -0.2) is 94.1 Å². The summed E-state index contributed by atoms with van der Waals surface area (Å²) in [6, 6.07) is 4.22. The largest absolute Gasteiger partial charge is 0.374 e. The van der Waals surface area contributed by atoms with Crippen LogP contribution in [0.5, 0.6) is 0 Å². The van der Waals surface area contributed by atoms with Gasteiger partial charge in [-0.15, -0.1) is 0 Å². The molecule has 0 amide bonds. The molecule has 0 saturated carbocycles. The van der Waals surface area contributed by atoms with Gasteiger partial charge in [-0.1, -0.05) is 11.8 Å². The molecule has 0 bridgehead atoms. The first-order valence-electron chi connectivity index (χ1n) is 11.6. The minimum atomic E-state index is 0.165. The van der Waals surface area contributed by atoms with E-state index in [2.05, 4.69) is 67.2 Å². The first kappa shape index (κ1) is 23.0. The summed E-state index contributed by atoms with van der Waals surface area (Å²) in [6.45, 7) is 16.6. The Labute approximate surface area is 191 Å². The highest BCUT2D eigenvalue weighted by Crippen LogP contribution is 2.11. The van der Waals surface area contributed by atoms with Crippen LogP contribution >= 0.6 is 0 Å². The van der Waals surface area contributed by atoms with Crippen LogP contribution < -0.4 is 0 Å². The average Bonchev–Trinajstić information content (AvgIpc) is 3.24. The molecule has 2 fully saturated rings. The second kappa shape index (κ2) is 10.6. The van der Waals surface area contributed by atoms with Gasteiger partial charge in [0.2, 0.25) is 0 Å². The van der Waals surface area contributed by atoms with Gasteiger partial charge in [0.15, 0.2) is 0 Å². The van der Waals surface area contributed by atoms with Crippen molar-refractivity contribution in [1.29, 1.82) is 0 Å². The fraction of sp³-hybridized carbons (Fsp3) is 0.667. The molecule has 32 heavy (non-hydrogen) atoms. The van der Waals surface area contributed by atoms with E-state index < -0.39 is 0 Å². The zero-order chi connectivity index (χ0) is 22.5. The summed E-state index contributed by atoms with van der Waals surface area (Å²) in [5.74, 6) is 6.75. The van der Waals surface area contributed by atoms with E-state index in [0.29, 0.717) is 0 Å². The molecule has 0 N–H and O–H groups in total. The Balaban J connectivity index is 1.21. The molecule has 0 spiro atoms. The Kier molecular flexibility index (Phi) is 7.63. The van der Waals surface area contributed by atoms with E-state index in [0.717, 1.165) is 77.0 Å². The van der Waals surface area contributed by atoms with Crippen LogP contribution in [0, 0.1) is 39.5 Å². The van der Waals surface area contributed by atoms with Crippen molar-refractivity contribution in [3.05, 3.63) is 34.9 Å². The maximum atomic E-state index is 5.97. The molecule has 2 saturated heterocycles. The molecule has 0 aromatic carbocycles. The molecular formula is C24H36N6O2. The molecule has 2 aliphatic heterocycles. The van der Waals surface area contributed by atoms with Gasteiger partial charge in [0.25, 0.3) is 0 Å². The second-order valence-corrected chi connectivity index (χ2v) is 9.03. The first-order chi connectivity index (χ1) is 15.5. The number of hydrogen-bond donors (Lipinski definition) is 0. The number of nitrogens with zero attached hydrogens (tertiary/aromatic N) is 6. The van der Waals surface area contributed by atoms with Gasteiger partial charge < -0.3 is 9.47 Å². The normalized spacial score (nSPS) is 22.6. The van der Waals surface area contributed by atoms with Crippen molar-refractivity contribution in [1.82, 2.24) is 29.4 Å². The number of hydrogen-bond acceptors (Lipinski definition) is 6. The summed E-state index contributed by atoms with van der Waals surface area (Å²) in [4.78, 5) is 4.77. The molecule has 4 rings (SSSR count). The third kappa shape index (κ3) is 6.20. The van der Waals surface area contributed by atoms with Gasteiger partial charge >= 0.3 is 0 Å². The van der Waals surface area contributed by atoms with Crippen molar-refractivity contribution >= 4 is 0 Å². The van der Waals surface area contributed by atoms with Crippen LogP contribution in [0.1, 0.15) is 22.8 Å². The van der Waals surface area contributed by atoms with Gasteiger partial charge in [-0.2, -0.15) is 10.2 Å². The van der Waals surface area contributed by atoms with Gasteiger partial charge in [-0.3, -0.25) is 19.2 Å². The van der Waals surface area contributed by atoms with Crippen molar-refractivity contribution in [3.8, 4) is 11.8 Å². The summed E-state index contributed by atoms with van der Waals surface area (Å²) in [5, 5.41) is 9.13. The maximum absolute atomic E-state index is 5.97. The highest BCUT2D eigenvalue weighted by molar-refractivity contribution is 5.08. The Bertz CT molecular complexity index is 881. The molecule has 4 heterocycles. The van der Waals surface area contributed by atoms with E-state index in [1.165, 1.54) is 11.4 Å². The summed E-state index contributed by atoms with van der Waals surface area (Å²) >= 11 is 0. The van der Waals surface area contributed by atoms with Crippen molar-refractivity contribution in [2.24, 2.45) is 0 Å². The third-order valence-corrected chi connectivity index (χ3v) is 6.14. The minimum Gasteiger partial charge on any atom is -0.374 e. The third-order valence-electron chi connectivity index (χ3n) is 6.14. The van der Waals surface area contributed by atoms with E-state index >= 15 is 0 Å². The summed E-state index contributed by atoms with van der Waals surface area (Å²) in [5.41, 5.74) is 4.48. The molecule has 2 aromatic rings. The quantitative estimate of drug-likeness (QED) is 0.634. The SMILES string of the molecule is Cc1cc(C)n(CC2CN(CC#CCN3CCOC(Cn4nc(C)cc4C)C3)CCO2)n1. The molecule has 174 valence electrons. The van der Waals surface area contributed by atoms with E-state index in [9.17, 15) is 0 Å². The number of aryl methyl sites for hydroxylation is 4. The van der Waals surface area contributed by atoms with Crippen molar-refractivity contribution in [3.63, 3.8) is 0 Å². The lowest BCUT2D eigenvalue weighted by Crippen LogP contribution is -2.45. The van der Waals surface area contributed by atoms with E-state index in [4.69, 9.17) is 9.47 Å².